The minimum atomic E-state index is 0. The van der Waals surface area contributed by atoms with Crippen LogP contribution in [0.25, 0.3) is 0 Å². The molecule has 6 atom stereocenters. The number of hydrogen-bond acceptors (Lipinski definition) is 1. The van der Waals surface area contributed by atoms with Crippen LogP contribution in [0.2, 0.25) is 0 Å². The van der Waals surface area contributed by atoms with Crippen molar-refractivity contribution in [1.29, 1.82) is 0 Å². The van der Waals surface area contributed by atoms with Gasteiger partial charge in [0.25, 0.3) is 0 Å². The molecule has 0 N–H and O–H groups in total. The third-order valence-electron chi connectivity index (χ3n) is 6.27. The first-order valence-corrected chi connectivity index (χ1v) is 9.53. The lowest BCUT2D eigenvalue weighted by Gasteiger charge is -2.44. The molecule has 2 aliphatic carbocycles. The lowest BCUT2D eigenvalue weighted by atomic mass is 9.73. The molecule has 0 aromatic heterocycles. The predicted octanol–water partition coefficient (Wildman–Crippen LogP) is 6.35. The average Bonchev–Trinajstić information content (AvgIpc) is 2.38. The highest BCUT2D eigenvalue weighted by Crippen LogP contribution is 2.41. The molecule has 0 bridgehead atoms. The minimum Gasteiger partial charge on any atom is -0.374 e. The molecule has 2 heteroatoms. The predicted molar refractivity (Wildman–Crippen MR) is 98.6 cm³/mol. The molecule has 22 heavy (non-hydrogen) atoms. The van der Waals surface area contributed by atoms with Gasteiger partial charge in [-0.15, -0.1) is 12.4 Å². The fraction of sp³-hybridized carbons (Fsp3) is 1.00. The zero-order valence-corrected chi connectivity index (χ0v) is 16.5. The molecule has 0 aliphatic heterocycles. The molecular weight excluding hydrogens is 292 g/mol. The van der Waals surface area contributed by atoms with Crippen molar-refractivity contribution in [3.63, 3.8) is 0 Å². The monoisotopic (exact) mass is 330 g/mol. The molecule has 0 aromatic carbocycles. The Hall–Kier alpha value is 0.250. The van der Waals surface area contributed by atoms with Gasteiger partial charge in [-0.05, 0) is 61.2 Å². The summed E-state index contributed by atoms with van der Waals surface area (Å²) in [6.07, 6.45) is 9.16. The van der Waals surface area contributed by atoms with E-state index in [2.05, 4.69) is 41.5 Å². The van der Waals surface area contributed by atoms with Gasteiger partial charge in [0.2, 0.25) is 0 Å². The van der Waals surface area contributed by atoms with Gasteiger partial charge < -0.3 is 4.74 Å². The third-order valence-corrected chi connectivity index (χ3v) is 6.27. The number of rotatable bonds is 4. The van der Waals surface area contributed by atoms with Crippen molar-refractivity contribution >= 4 is 12.4 Å². The summed E-state index contributed by atoms with van der Waals surface area (Å²) in [5.41, 5.74) is 0. The third kappa shape index (κ3) is 5.13. The van der Waals surface area contributed by atoms with Crippen LogP contribution in [0, 0.1) is 35.5 Å². The lowest BCUT2D eigenvalue weighted by Crippen LogP contribution is -2.42. The number of hydrogen-bond donors (Lipinski definition) is 0. The van der Waals surface area contributed by atoms with Crippen LogP contribution in [-0.4, -0.2) is 12.2 Å². The molecule has 2 saturated carbocycles. The van der Waals surface area contributed by atoms with Gasteiger partial charge in [-0.1, -0.05) is 54.4 Å². The largest absolute Gasteiger partial charge is 0.374 e. The summed E-state index contributed by atoms with van der Waals surface area (Å²) in [6.45, 7) is 14.4. The molecule has 132 valence electrons. The summed E-state index contributed by atoms with van der Waals surface area (Å²) in [5, 5.41) is 0. The summed E-state index contributed by atoms with van der Waals surface area (Å²) in [7, 11) is 0. The second kappa shape index (κ2) is 8.92. The molecule has 2 fully saturated rings. The van der Waals surface area contributed by atoms with Crippen molar-refractivity contribution in [2.75, 3.05) is 0 Å². The van der Waals surface area contributed by atoms with Crippen LogP contribution in [0.15, 0.2) is 0 Å². The van der Waals surface area contributed by atoms with Crippen molar-refractivity contribution in [3.8, 4) is 0 Å². The molecule has 0 radical (unpaired) electrons. The molecule has 2 aliphatic rings. The lowest BCUT2D eigenvalue weighted by molar-refractivity contribution is -0.123. The zero-order chi connectivity index (χ0) is 15.6. The first-order valence-electron chi connectivity index (χ1n) is 9.53. The van der Waals surface area contributed by atoms with Crippen LogP contribution in [0.1, 0.15) is 80.1 Å². The number of ether oxygens (including phenoxy) is 1. The molecule has 0 aromatic rings. The molecule has 2 rings (SSSR count). The maximum absolute atomic E-state index is 6.82. The quantitative estimate of drug-likeness (QED) is 0.583. The highest BCUT2D eigenvalue weighted by molar-refractivity contribution is 5.85. The molecule has 6 unspecified atom stereocenters. The Morgan fingerprint density at radius 1 is 0.682 bits per heavy atom. The highest BCUT2D eigenvalue weighted by atomic mass is 35.5. The topological polar surface area (TPSA) is 9.23 Å². The van der Waals surface area contributed by atoms with E-state index < -0.39 is 0 Å². The van der Waals surface area contributed by atoms with Crippen LogP contribution in [0.3, 0.4) is 0 Å². The smallest absolute Gasteiger partial charge is 0.0612 e. The van der Waals surface area contributed by atoms with E-state index in [1.165, 1.54) is 38.5 Å². The summed E-state index contributed by atoms with van der Waals surface area (Å²) in [6, 6.07) is 0. The van der Waals surface area contributed by atoms with Gasteiger partial charge in [-0.3, -0.25) is 0 Å². The zero-order valence-electron chi connectivity index (χ0n) is 15.7. The van der Waals surface area contributed by atoms with Crippen LogP contribution in [-0.2, 0) is 4.74 Å². The van der Waals surface area contributed by atoms with E-state index in [1.807, 2.05) is 0 Å². The van der Waals surface area contributed by atoms with Gasteiger partial charge in [0.15, 0.2) is 0 Å². The average molecular weight is 331 g/mol. The Morgan fingerprint density at radius 3 is 1.36 bits per heavy atom. The van der Waals surface area contributed by atoms with Crippen LogP contribution in [0.4, 0.5) is 0 Å². The Morgan fingerprint density at radius 2 is 1.05 bits per heavy atom. The summed E-state index contributed by atoms with van der Waals surface area (Å²) < 4.78 is 6.82. The first kappa shape index (κ1) is 20.3. The van der Waals surface area contributed by atoms with Gasteiger partial charge in [0.1, 0.15) is 0 Å². The normalized spacial score (nSPS) is 39.8. The van der Waals surface area contributed by atoms with Gasteiger partial charge >= 0.3 is 0 Å². The SMILES string of the molecule is CC1CCC(C(C)C)C(OC2CC(C)CCC2C(C)C)C1.Cl. The minimum absolute atomic E-state index is 0. The van der Waals surface area contributed by atoms with Crippen LogP contribution < -0.4 is 0 Å². The Balaban J connectivity index is 0.00000242. The van der Waals surface area contributed by atoms with E-state index in [0.29, 0.717) is 12.2 Å². The summed E-state index contributed by atoms with van der Waals surface area (Å²) >= 11 is 0. The van der Waals surface area contributed by atoms with Crippen molar-refractivity contribution in [2.45, 2.75) is 92.3 Å². The van der Waals surface area contributed by atoms with E-state index in [0.717, 1.165) is 35.5 Å². The van der Waals surface area contributed by atoms with Crippen LogP contribution >= 0.6 is 12.4 Å². The first-order chi connectivity index (χ1) is 9.88. The van der Waals surface area contributed by atoms with E-state index in [4.69, 9.17) is 4.74 Å². The second-order valence-electron chi connectivity index (χ2n) is 8.87. The van der Waals surface area contributed by atoms with E-state index in [-0.39, 0.29) is 12.4 Å². The maximum atomic E-state index is 6.82. The Kier molecular flexibility index (Phi) is 8.23. The van der Waals surface area contributed by atoms with E-state index in [9.17, 15) is 0 Å². The van der Waals surface area contributed by atoms with Crippen LogP contribution in [0.5, 0.6) is 0 Å². The Bertz CT molecular complexity index is 285. The molecule has 0 heterocycles. The summed E-state index contributed by atoms with van der Waals surface area (Å²) in [4.78, 5) is 0. The van der Waals surface area contributed by atoms with Crippen molar-refractivity contribution in [1.82, 2.24) is 0 Å². The molecule has 0 saturated heterocycles. The maximum Gasteiger partial charge on any atom is 0.0612 e. The number of halogens is 1. The van der Waals surface area contributed by atoms with Gasteiger partial charge in [-0.25, -0.2) is 0 Å². The molecule has 0 amide bonds. The standard InChI is InChI=1S/C20H38O.ClH/c1-13(2)17-9-7-15(5)11-19(17)21-20-12-16(6)8-10-18(20)14(3)4;/h13-20H,7-12H2,1-6H3;1H. The van der Waals surface area contributed by atoms with Crippen molar-refractivity contribution in [3.05, 3.63) is 0 Å². The van der Waals surface area contributed by atoms with Crippen molar-refractivity contribution in [2.24, 2.45) is 35.5 Å². The fourth-order valence-corrected chi connectivity index (χ4v) is 4.77. The molecular formula is C20H39ClO. The summed E-state index contributed by atoms with van der Waals surface area (Å²) in [5.74, 6) is 4.80. The van der Waals surface area contributed by atoms with Gasteiger partial charge in [0, 0.05) is 0 Å². The molecule has 1 nitrogen and oxygen atoms in total. The van der Waals surface area contributed by atoms with E-state index in [1.54, 1.807) is 0 Å². The van der Waals surface area contributed by atoms with E-state index >= 15 is 0 Å². The fourth-order valence-electron chi connectivity index (χ4n) is 4.77. The van der Waals surface area contributed by atoms with Crippen molar-refractivity contribution < 1.29 is 4.74 Å². The Labute approximate surface area is 145 Å². The second-order valence-corrected chi connectivity index (χ2v) is 8.87. The van der Waals surface area contributed by atoms with Gasteiger partial charge in [-0.2, -0.15) is 0 Å². The van der Waals surface area contributed by atoms with Gasteiger partial charge in [0.05, 0.1) is 12.2 Å². The molecule has 0 spiro atoms. The highest BCUT2D eigenvalue weighted by Gasteiger charge is 2.37.